The first-order valence-corrected chi connectivity index (χ1v) is 7.96. The van der Waals surface area contributed by atoms with Gasteiger partial charge in [0, 0.05) is 12.5 Å². The number of benzene rings is 1. The van der Waals surface area contributed by atoms with Crippen LogP contribution in [-0.4, -0.2) is 17.4 Å². The molecular formula is C18H20FNO. The van der Waals surface area contributed by atoms with E-state index in [9.17, 15) is 9.18 Å². The van der Waals surface area contributed by atoms with Crippen molar-refractivity contribution in [1.82, 2.24) is 4.90 Å². The monoisotopic (exact) mass is 285 g/mol. The molecule has 1 aromatic rings. The summed E-state index contributed by atoms with van der Waals surface area (Å²) >= 11 is 0. The summed E-state index contributed by atoms with van der Waals surface area (Å²) in [6.45, 7) is 0.846. The molecule has 1 amide bonds. The summed E-state index contributed by atoms with van der Waals surface area (Å²) in [6.07, 6.45) is 8.73. The second-order valence-electron chi connectivity index (χ2n) is 6.63. The number of hydrogen-bond acceptors (Lipinski definition) is 1. The van der Waals surface area contributed by atoms with E-state index in [1.54, 1.807) is 0 Å². The molecule has 2 bridgehead atoms. The number of fused-ring (bicyclic) bond motifs is 2. The van der Waals surface area contributed by atoms with Gasteiger partial charge in [0.05, 0.1) is 6.04 Å². The molecule has 1 aliphatic heterocycles. The van der Waals surface area contributed by atoms with Gasteiger partial charge in [-0.1, -0.05) is 24.3 Å². The lowest BCUT2D eigenvalue weighted by atomic mass is 9.91. The van der Waals surface area contributed by atoms with Crippen LogP contribution < -0.4 is 0 Å². The smallest absolute Gasteiger partial charge is 0.226 e. The molecule has 4 rings (SSSR count). The molecule has 2 nitrogen and oxygen atoms in total. The summed E-state index contributed by atoms with van der Waals surface area (Å²) in [5.41, 5.74) is 1.07. The minimum Gasteiger partial charge on any atom is -0.335 e. The maximum absolute atomic E-state index is 13.1. The van der Waals surface area contributed by atoms with Crippen LogP contribution in [0.5, 0.6) is 0 Å². The summed E-state index contributed by atoms with van der Waals surface area (Å²) in [5, 5.41) is 0. The number of carbonyl (C=O) groups is 1. The highest BCUT2D eigenvalue weighted by atomic mass is 19.1. The predicted octanol–water partition coefficient (Wildman–Crippen LogP) is 3.70. The predicted molar refractivity (Wildman–Crippen MR) is 78.9 cm³/mol. The standard InChI is InChI=1S/C18H20FNO/c19-15-7-5-13(6-8-15)17-2-1-9-20(17)18(21)16-11-12-3-4-14(16)10-12/h3-8,12,14,16-17H,1-2,9-11H2. The second kappa shape index (κ2) is 4.97. The van der Waals surface area contributed by atoms with Crippen molar-refractivity contribution >= 4 is 5.91 Å². The average molecular weight is 285 g/mol. The Bertz CT molecular complexity index is 579. The summed E-state index contributed by atoms with van der Waals surface area (Å²) in [7, 11) is 0. The van der Waals surface area contributed by atoms with Crippen molar-refractivity contribution in [2.75, 3.05) is 6.54 Å². The van der Waals surface area contributed by atoms with E-state index in [1.165, 1.54) is 12.1 Å². The molecule has 21 heavy (non-hydrogen) atoms. The molecule has 3 heteroatoms. The Balaban J connectivity index is 1.55. The number of likely N-dealkylation sites (tertiary alicyclic amines) is 1. The third-order valence-corrected chi connectivity index (χ3v) is 5.39. The van der Waals surface area contributed by atoms with Crippen LogP contribution >= 0.6 is 0 Å². The molecule has 1 heterocycles. The van der Waals surface area contributed by atoms with Crippen LogP contribution in [0.25, 0.3) is 0 Å². The normalized spacial score (nSPS) is 33.9. The Morgan fingerprint density at radius 2 is 1.95 bits per heavy atom. The molecule has 4 unspecified atom stereocenters. The minimum absolute atomic E-state index is 0.140. The lowest BCUT2D eigenvalue weighted by Crippen LogP contribution is -2.37. The van der Waals surface area contributed by atoms with Crippen molar-refractivity contribution < 1.29 is 9.18 Å². The van der Waals surface area contributed by atoms with Crippen molar-refractivity contribution in [3.63, 3.8) is 0 Å². The molecule has 2 aliphatic carbocycles. The highest BCUT2D eigenvalue weighted by molar-refractivity contribution is 5.81. The average Bonchev–Trinajstić information content (AvgIpc) is 3.23. The number of nitrogens with zero attached hydrogens (tertiary/aromatic N) is 1. The van der Waals surface area contributed by atoms with Crippen LogP contribution in [0.1, 0.15) is 37.3 Å². The van der Waals surface area contributed by atoms with Gasteiger partial charge in [0.1, 0.15) is 5.82 Å². The molecule has 2 fully saturated rings. The summed E-state index contributed by atoms with van der Waals surface area (Å²) < 4.78 is 13.1. The molecule has 3 aliphatic rings. The molecular weight excluding hydrogens is 265 g/mol. The van der Waals surface area contributed by atoms with E-state index in [-0.39, 0.29) is 17.8 Å². The van der Waals surface area contributed by atoms with Gasteiger partial charge in [-0.05, 0) is 55.2 Å². The zero-order valence-electron chi connectivity index (χ0n) is 12.0. The molecule has 1 saturated carbocycles. The van der Waals surface area contributed by atoms with Crippen LogP contribution in [0.15, 0.2) is 36.4 Å². The second-order valence-corrected chi connectivity index (χ2v) is 6.63. The highest BCUT2D eigenvalue weighted by Gasteiger charge is 2.43. The Labute approximate surface area is 124 Å². The summed E-state index contributed by atoms with van der Waals surface area (Å²) in [6, 6.07) is 6.78. The van der Waals surface area contributed by atoms with Gasteiger partial charge in [-0.15, -0.1) is 0 Å². The van der Waals surface area contributed by atoms with Crippen LogP contribution in [0.3, 0.4) is 0 Å². The third-order valence-electron chi connectivity index (χ3n) is 5.39. The van der Waals surface area contributed by atoms with Crippen molar-refractivity contribution in [2.24, 2.45) is 17.8 Å². The molecule has 0 aromatic heterocycles. The Morgan fingerprint density at radius 3 is 2.62 bits per heavy atom. The SMILES string of the molecule is O=C(C1CC2C=CC1C2)N1CCCC1c1ccc(F)cc1. The van der Waals surface area contributed by atoms with Gasteiger partial charge in [0.15, 0.2) is 0 Å². The van der Waals surface area contributed by atoms with Crippen molar-refractivity contribution in [2.45, 2.75) is 31.7 Å². The zero-order chi connectivity index (χ0) is 14.4. The van der Waals surface area contributed by atoms with E-state index in [2.05, 4.69) is 12.2 Å². The van der Waals surface area contributed by atoms with E-state index in [1.807, 2.05) is 17.0 Å². The van der Waals surface area contributed by atoms with E-state index < -0.39 is 0 Å². The number of allylic oxidation sites excluding steroid dienone is 2. The van der Waals surface area contributed by atoms with Gasteiger partial charge < -0.3 is 4.90 Å². The highest BCUT2D eigenvalue weighted by Crippen LogP contribution is 2.46. The quantitative estimate of drug-likeness (QED) is 0.759. The van der Waals surface area contributed by atoms with Crippen LogP contribution in [0.4, 0.5) is 4.39 Å². The first-order valence-electron chi connectivity index (χ1n) is 7.96. The van der Waals surface area contributed by atoms with E-state index in [4.69, 9.17) is 0 Å². The lowest BCUT2D eigenvalue weighted by molar-refractivity contribution is -0.137. The van der Waals surface area contributed by atoms with Gasteiger partial charge in [-0.25, -0.2) is 4.39 Å². The Hall–Kier alpha value is -1.64. The molecule has 0 spiro atoms. The van der Waals surface area contributed by atoms with Crippen molar-refractivity contribution in [1.29, 1.82) is 0 Å². The van der Waals surface area contributed by atoms with Gasteiger partial charge >= 0.3 is 0 Å². The van der Waals surface area contributed by atoms with Crippen LogP contribution in [0, 0.1) is 23.6 Å². The molecule has 1 aromatic carbocycles. The summed E-state index contributed by atoms with van der Waals surface area (Å²) in [4.78, 5) is 15.0. The molecule has 110 valence electrons. The van der Waals surface area contributed by atoms with Crippen molar-refractivity contribution in [3.05, 3.63) is 47.8 Å². The fourth-order valence-electron chi connectivity index (χ4n) is 4.34. The minimum atomic E-state index is -0.215. The van der Waals surface area contributed by atoms with Gasteiger partial charge in [-0.2, -0.15) is 0 Å². The number of rotatable bonds is 2. The van der Waals surface area contributed by atoms with Crippen LogP contribution in [-0.2, 0) is 4.79 Å². The largest absolute Gasteiger partial charge is 0.335 e. The fraction of sp³-hybridized carbons (Fsp3) is 0.500. The molecule has 4 atom stereocenters. The Kier molecular flexibility index (Phi) is 3.09. The lowest BCUT2D eigenvalue weighted by Gasteiger charge is -2.30. The van der Waals surface area contributed by atoms with Gasteiger partial charge in [0.25, 0.3) is 0 Å². The fourth-order valence-corrected chi connectivity index (χ4v) is 4.34. The van der Waals surface area contributed by atoms with E-state index in [0.717, 1.165) is 37.8 Å². The first kappa shape index (κ1) is 13.1. The van der Waals surface area contributed by atoms with Gasteiger partial charge in [-0.3, -0.25) is 4.79 Å². The summed E-state index contributed by atoms with van der Waals surface area (Å²) in [5.74, 6) is 1.36. The molecule has 0 radical (unpaired) electrons. The van der Waals surface area contributed by atoms with E-state index in [0.29, 0.717) is 17.7 Å². The number of hydrogen-bond donors (Lipinski definition) is 0. The maximum Gasteiger partial charge on any atom is 0.226 e. The topological polar surface area (TPSA) is 20.3 Å². The zero-order valence-corrected chi connectivity index (χ0v) is 12.0. The molecule has 1 saturated heterocycles. The number of carbonyl (C=O) groups excluding carboxylic acids is 1. The number of amides is 1. The van der Waals surface area contributed by atoms with E-state index >= 15 is 0 Å². The molecule has 0 N–H and O–H groups in total. The maximum atomic E-state index is 13.1. The van der Waals surface area contributed by atoms with Gasteiger partial charge in [0.2, 0.25) is 5.91 Å². The van der Waals surface area contributed by atoms with Crippen molar-refractivity contribution in [3.8, 4) is 0 Å². The first-order chi connectivity index (χ1) is 10.2. The third kappa shape index (κ3) is 2.19. The Morgan fingerprint density at radius 1 is 1.14 bits per heavy atom. The number of halogens is 1. The van der Waals surface area contributed by atoms with Crippen LogP contribution in [0.2, 0.25) is 0 Å².